The molecule has 20 heavy (non-hydrogen) atoms. The number of hydrogen-bond acceptors (Lipinski definition) is 2. The number of rotatable bonds is 3. The summed E-state index contributed by atoms with van der Waals surface area (Å²) in [5.74, 6) is 0.691. The van der Waals surface area contributed by atoms with Crippen LogP contribution in [0.2, 0.25) is 0 Å². The number of hydrogen-bond donors (Lipinski definition) is 2. The van der Waals surface area contributed by atoms with Crippen LogP contribution in [0.5, 0.6) is 0 Å². The van der Waals surface area contributed by atoms with Crippen molar-refractivity contribution in [2.24, 2.45) is 5.92 Å². The number of aryl methyl sites for hydroxylation is 1. The topological polar surface area (TPSA) is 24.1 Å². The van der Waals surface area contributed by atoms with E-state index >= 15 is 0 Å². The second kappa shape index (κ2) is 5.94. The molecule has 1 fully saturated rings. The Balaban J connectivity index is 1.92. The zero-order chi connectivity index (χ0) is 13.9. The van der Waals surface area contributed by atoms with Crippen molar-refractivity contribution in [3.05, 3.63) is 47.5 Å². The van der Waals surface area contributed by atoms with Crippen LogP contribution in [0.3, 0.4) is 0 Å². The van der Waals surface area contributed by atoms with Crippen LogP contribution in [0, 0.1) is 12.8 Å². The molecule has 1 saturated heterocycles. The molecular weight excluding hydrogens is 244 g/mol. The summed E-state index contributed by atoms with van der Waals surface area (Å²) >= 11 is 0. The van der Waals surface area contributed by atoms with E-state index in [9.17, 15) is 0 Å². The van der Waals surface area contributed by atoms with Gasteiger partial charge in [-0.25, -0.2) is 0 Å². The molecule has 3 rings (SSSR count). The maximum atomic E-state index is 3.52. The Morgan fingerprint density at radius 2 is 1.95 bits per heavy atom. The predicted octanol–water partition coefficient (Wildman–Crippen LogP) is 3.41. The van der Waals surface area contributed by atoms with Gasteiger partial charge < -0.3 is 10.6 Å². The fourth-order valence-electron chi connectivity index (χ4n) is 3.41. The van der Waals surface area contributed by atoms with Gasteiger partial charge in [-0.05, 0) is 68.2 Å². The van der Waals surface area contributed by atoms with Gasteiger partial charge >= 0.3 is 0 Å². The molecule has 1 aliphatic rings. The Labute approximate surface area is 121 Å². The minimum atomic E-state index is 0.452. The number of benzene rings is 2. The molecule has 1 aliphatic heterocycles. The second-order valence-electron chi connectivity index (χ2n) is 5.98. The lowest BCUT2D eigenvalue weighted by Gasteiger charge is -2.31. The normalized spacial score (nSPS) is 21.0. The molecule has 1 heterocycles. The van der Waals surface area contributed by atoms with Crippen LogP contribution in [-0.4, -0.2) is 20.1 Å². The van der Waals surface area contributed by atoms with Gasteiger partial charge in [-0.15, -0.1) is 0 Å². The Hall–Kier alpha value is -1.38. The zero-order valence-corrected chi connectivity index (χ0v) is 12.4. The lowest BCUT2D eigenvalue weighted by Crippen LogP contribution is -2.37. The van der Waals surface area contributed by atoms with Crippen LogP contribution in [0.25, 0.3) is 10.8 Å². The fourth-order valence-corrected chi connectivity index (χ4v) is 3.41. The molecule has 2 aromatic carbocycles. The summed E-state index contributed by atoms with van der Waals surface area (Å²) in [4.78, 5) is 0. The van der Waals surface area contributed by atoms with Crippen molar-refractivity contribution in [2.75, 3.05) is 20.1 Å². The van der Waals surface area contributed by atoms with Crippen LogP contribution >= 0.6 is 0 Å². The molecule has 106 valence electrons. The molecule has 2 nitrogen and oxygen atoms in total. The summed E-state index contributed by atoms with van der Waals surface area (Å²) in [6.07, 6.45) is 2.60. The van der Waals surface area contributed by atoms with Crippen molar-refractivity contribution in [3.63, 3.8) is 0 Å². The van der Waals surface area contributed by atoms with Gasteiger partial charge in [0.1, 0.15) is 0 Å². The van der Waals surface area contributed by atoms with Gasteiger partial charge in [-0.1, -0.05) is 35.9 Å². The molecule has 0 bridgehead atoms. The molecule has 0 aromatic heterocycles. The summed E-state index contributed by atoms with van der Waals surface area (Å²) in [5, 5.41) is 9.73. The predicted molar refractivity (Wildman–Crippen MR) is 86.1 cm³/mol. The van der Waals surface area contributed by atoms with Crippen molar-refractivity contribution in [2.45, 2.75) is 25.8 Å². The molecule has 0 saturated carbocycles. The van der Waals surface area contributed by atoms with E-state index in [4.69, 9.17) is 0 Å². The third-order valence-electron chi connectivity index (χ3n) is 4.50. The highest BCUT2D eigenvalue weighted by Crippen LogP contribution is 2.29. The van der Waals surface area contributed by atoms with Crippen molar-refractivity contribution in [1.82, 2.24) is 10.6 Å². The fraction of sp³-hybridized carbons (Fsp3) is 0.444. The largest absolute Gasteiger partial charge is 0.316 e. The second-order valence-corrected chi connectivity index (χ2v) is 5.98. The first-order valence-corrected chi connectivity index (χ1v) is 7.66. The molecule has 0 aliphatic carbocycles. The van der Waals surface area contributed by atoms with Crippen LogP contribution in [0.4, 0.5) is 0 Å². The summed E-state index contributed by atoms with van der Waals surface area (Å²) in [5.41, 5.74) is 2.74. The van der Waals surface area contributed by atoms with Gasteiger partial charge in [0.05, 0.1) is 0 Å². The molecule has 2 atom stereocenters. The lowest BCUT2D eigenvalue weighted by atomic mass is 9.86. The van der Waals surface area contributed by atoms with E-state index in [1.807, 2.05) is 0 Å². The molecule has 0 spiro atoms. The maximum absolute atomic E-state index is 3.52. The van der Waals surface area contributed by atoms with Crippen LogP contribution < -0.4 is 10.6 Å². The van der Waals surface area contributed by atoms with Crippen LogP contribution in [-0.2, 0) is 0 Å². The van der Waals surface area contributed by atoms with E-state index in [0.29, 0.717) is 12.0 Å². The Bertz CT molecular complexity index is 585. The van der Waals surface area contributed by atoms with Gasteiger partial charge in [0.15, 0.2) is 0 Å². The molecule has 0 radical (unpaired) electrons. The monoisotopic (exact) mass is 268 g/mol. The molecule has 0 amide bonds. The van der Waals surface area contributed by atoms with Crippen LogP contribution in [0.1, 0.15) is 30.0 Å². The Morgan fingerprint density at radius 1 is 1.15 bits per heavy atom. The van der Waals surface area contributed by atoms with E-state index in [1.165, 1.54) is 41.3 Å². The summed E-state index contributed by atoms with van der Waals surface area (Å²) in [6, 6.07) is 14.0. The quantitative estimate of drug-likeness (QED) is 0.891. The van der Waals surface area contributed by atoms with E-state index < -0.39 is 0 Å². The van der Waals surface area contributed by atoms with Gasteiger partial charge in [-0.3, -0.25) is 0 Å². The van der Waals surface area contributed by atoms with Gasteiger partial charge in [0.2, 0.25) is 0 Å². The van der Waals surface area contributed by atoms with E-state index in [2.05, 4.69) is 61.0 Å². The minimum Gasteiger partial charge on any atom is -0.316 e. The van der Waals surface area contributed by atoms with E-state index in [0.717, 1.165) is 6.54 Å². The molecular formula is C18H24N2. The lowest BCUT2D eigenvalue weighted by molar-refractivity contribution is 0.298. The van der Waals surface area contributed by atoms with Gasteiger partial charge in [-0.2, -0.15) is 0 Å². The van der Waals surface area contributed by atoms with Crippen molar-refractivity contribution in [3.8, 4) is 0 Å². The van der Waals surface area contributed by atoms with E-state index in [1.54, 1.807) is 0 Å². The van der Waals surface area contributed by atoms with Gasteiger partial charge in [0, 0.05) is 6.04 Å². The van der Waals surface area contributed by atoms with Crippen molar-refractivity contribution >= 4 is 10.8 Å². The number of fused-ring (bicyclic) bond motifs is 1. The van der Waals surface area contributed by atoms with E-state index in [-0.39, 0.29) is 0 Å². The zero-order valence-electron chi connectivity index (χ0n) is 12.4. The number of piperidine rings is 1. The third kappa shape index (κ3) is 2.72. The standard InChI is InChI=1S/C18H24N2/c1-13-5-6-15-11-16(8-7-14(15)10-13)18(19-2)17-4-3-9-20-12-17/h5-8,10-11,17-20H,3-4,9,12H2,1-2H3. The number of nitrogens with one attached hydrogen (secondary N) is 2. The highest BCUT2D eigenvalue weighted by atomic mass is 14.9. The highest BCUT2D eigenvalue weighted by Gasteiger charge is 2.23. The van der Waals surface area contributed by atoms with Crippen LogP contribution in [0.15, 0.2) is 36.4 Å². The summed E-state index contributed by atoms with van der Waals surface area (Å²) < 4.78 is 0. The van der Waals surface area contributed by atoms with Crippen molar-refractivity contribution < 1.29 is 0 Å². The molecule has 2 heteroatoms. The average Bonchev–Trinajstić information content (AvgIpc) is 2.49. The SMILES string of the molecule is CNC(c1ccc2cc(C)ccc2c1)C1CCCNC1. The van der Waals surface area contributed by atoms with Crippen molar-refractivity contribution in [1.29, 1.82) is 0 Å². The summed E-state index contributed by atoms with van der Waals surface area (Å²) in [7, 11) is 2.08. The molecule has 2 aromatic rings. The average molecular weight is 268 g/mol. The molecule has 2 unspecified atom stereocenters. The van der Waals surface area contributed by atoms with Gasteiger partial charge in [0.25, 0.3) is 0 Å². The smallest absolute Gasteiger partial charge is 0.0358 e. The first-order valence-electron chi connectivity index (χ1n) is 7.66. The first kappa shape index (κ1) is 13.6. The Morgan fingerprint density at radius 3 is 2.70 bits per heavy atom. The molecule has 2 N–H and O–H groups in total. The Kier molecular flexibility index (Phi) is 4.04. The minimum absolute atomic E-state index is 0.452. The first-order chi connectivity index (χ1) is 9.78. The highest BCUT2D eigenvalue weighted by molar-refractivity contribution is 5.83. The maximum Gasteiger partial charge on any atom is 0.0358 e. The third-order valence-corrected chi connectivity index (χ3v) is 4.50. The summed E-state index contributed by atoms with van der Waals surface area (Å²) in [6.45, 7) is 4.44.